The topological polar surface area (TPSA) is 56.1 Å². The van der Waals surface area contributed by atoms with Gasteiger partial charge in [-0.2, -0.15) is 5.10 Å². The van der Waals surface area contributed by atoms with E-state index in [1.165, 1.54) is 0 Å². The molecule has 5 nitrogen and oxygen atoms in total. The average molecular weight is 273 g/mol. The molecule has 0 bridgehead atoms. The molecule has 1 amide bonds. The number of amides is 1. The van der Waals surface area contributed by atoms with Crippen molar-refractivity contribution < 1.29 is 9.53 Å². The molecule has 0 aliphatic carbocycles. The second-order valence-electron chi connectivity index (χ2n) is 4.60. The van der Waals surface area contributed by atoms with Gasteiger partial charge >= 0.3 is 6.09 Å². The molecule has 0 aliphatic rings. The number of rotatable bonds is 5. The van der Waals surface area contributed by atoms with Crippen LogP contribution in [0.1, 0.15) is 31.5 Å². The lowest BCUT2D eigenvalue weighted by molar-refractivity contribution is 0.195. The first-order valence-corrected chi connectivity index (χ1v) is 6.72. The summed E-state index contributed by atoms with van der Waals surface area (Å²) in [6.07, 6.45) is 3.18. The van der Waals surface area contributed by atoms with Gasteiger partial charge in [0.15, 0.2) is 0 Å². The van der Waals surface area contributed by atoms with Crippen molar-refractivity contribution in [1.82, 2.24) is 15.1 Å². The molecule has 2 rings (SSSR count). The Morgan fingerprint density at radius 2 is 2.10 bits per heavy atom. The maximum absolute atomic E-state index is 11.9. The first-order valence-electron chi connectivity index (χ1n) is 6.72. The SMILES string of the molecule is CCC[C@@H](NC(=O)Oc1ccccc1)c1ccn(C)n1. The molecule has 0 radical (unpaired) electrons. The van der Waals surface area contributed by atoms with Crippen molar-refractivity contribution in [3.63, 3.8) is 0 Å². The molecule has 5 heteroatoms. The number of aryl methyl sites for hydroxylation is 1. The summed E-state index contributed by atoms with van der Waals surface area (Å²) in [4.78, 5) is 11.9. The molecule has 0 saturated heterocycles. The van der Waals surface area contributed by atoms with Crippen LogP contribution in [-0.2, 0) is 7.05 Å². The van der Waals surface area contributed by atoms with Crippen LogP contribution in [0, 0.1) is 0 Å². The van der Waals surface area contributed by atoms with Gasteiger partial charge in [-0.3, -0.25) is 4.68 Å². The number of benzene rings is 1. The van der Waals surface area contributed by atoms with E-state index in [-0.39, 0.29) is 6.04 Å². The minimum absolute atomic E-state index is 0.127. The number of nitrogens with zero attached hydrogens (tertiary/aromatic N) is 2. The van der Waals surface area contributed by atoms with Crippen molar-refractivity contribution in [2.45, 2.75) is 25.8 Å². The number of ether oxygens (including phenoxy) is 1. The maximum atomic E-state index is 11.9. The molecule has 0 aliphatic heterocycles. The van der Waals surface area contributed by atoms with Gasteiger partial charge < -0.3 is 10.1 Å². The van der Waals surface area contributed by atoms with E-state index in [9.17, 15) is 4.79 Å². The second kappa shape index (κ2) is 6.75. The zero-order valence-corrected chi connectivity index (χ0v) is 11.7. The van der Waals surface area contributed by atoms with Crippen LogP contribution in [0.25, 0.3) is 0 Å². The quantitative estimate of drug-likeness (QED) is 0.911. The minimum Gasteiger partial charge on any atom is -0.410 e. The summed E-state index contributed by atoms with van der Waals surface area (Å²) in [7, 11) is 1.86. The predicted molar refractivity (Wildman–Crippen MR) is 76.5 cm³/mol. The number of aromatic nitrogens is 2. The average Bonchev–Trinajstić information content (AvgIpc) is 2.86. The highest BCUT2D eigenvalue weighted by atomic mass is 16.6. The highest BCUT2D eigenvalue weighted by Gasteiger charge is 2.17. The van der Waals surface area contributed by atoms with Crippen molar-refractivity contribution in [1.29, 1.82) is 0 Å². The fourth-order valence-corrected chi connectivity index (χ4v) is 1.97. The van der Waals surface area contributed by atoms with E-state index in [4.69, 9.17) is 4.74 Å². The summed E-state index contributed by atoms with van der Waals surface area (Å²) in [5, 5.41) is 7.20. The Labute approximate surface area is 118 Å². The molecule has 1 aromatic carbocycles. The van der Waals surface area contributed by atoms with Crippen molar-refractivity contribution in [3.8, 4) is 5.75 Å². The molecule has 1 atom stereocenters. The van der Waals surface area contributed by atoms with Crippen molar-refractivity contribution in [2.75, 3.05) is 0 Å². The molecular formula is C15H19N3O2. The zero-order valence-electron chi connectivity index (χ0n) is 11.7. The molecule has 20 heavy (non-hydrogen) atoms. The number of carbonyl (C=O) groups excluding carboxylic acids is 1. The Morgan fingerprint density at radius 1 is 1.35 bits per heavy atom. The van der Waals surface area contributed by atoms with Crippen LogP contribution in [0.3, 0.4) is 0 Å². The second-order valence-corrected chi connectivity index (χ2v) is 4.60. The molecule has 1 heterocycles. The van der Waals surface area contributed by atoms with Gasteiger partial charge in [0.1, 0.15) is 5.75 Å². The van der Waals surface area contributed by atoms with Gasteiger partial charge in [0, 0.05) is 13.2 Å². The Morgan fingerprint density at radius 3 is 2.70 bits per heavy atom. The predicted octanol–water partition coefficient (Wildman–Crippen LogP) is 3.05. The van der Waals surface area contributed by atoms with E-state index in [0.717, 1.165) is 18.5 Å². The van der Waals surface area contributed by atoms with Gasteiger partial charge in [-0.25, -0.2) is 4.79 Å². The van der Waals surface area contributed by atoms with Gasteiger partial charge in [0.05, 0.1) is 11.7 Å². The largest absolute Gasteiger partial charge is 0.413 e. The molecule has 0 unspecified atom stereocenters. The zero-order chi connectivity index (χ0) is 14.4. The van der Waals surface area contributed by atoms with E-state index in [1.54, 1.807) is 16.8 Å². The fourth-order valence-electron chi connectivity index (χ4n) is 1.97. The minimum atomic E-state index is -0.458. The smallest absolute Gasteiger partial charge is 0.410 e. The Balaban J connectivity index is 1.99. The summed E-state index contributed by atoms with van der Waals surface area (Å²) in [5.41, 5.74) is 0.847. The first-order chi connectivity index (χ1) is 9.69. The van der Waals surface area contributed by atoms with Gasteiger partial charge in [0.25, 0.3) is 0 Å². The fraction of sp³-hybridized carbons (Fsp3) is 0.333. The lowest BCUT2D eigenvalue weighted by Gasteiger charge is -2.15. The van der Waals surface area contributed by atoms with Crippen LogP contribution in [0.5, 0.6) is 5.75 Å². The van der Waals surface area contributed by atoms with Crippen LogP contribution in [0.2, 0.25) is 0 Å². The highest BCUT2D eigenvalue weighted by molar-refractivity contribution is 5.70. The molecule has 2 aromatic rings. The van der Waals surface area contributed by atoms with Crippen molar-refractivity contribution in [2.24, 2.45) is 7.05 Å². The molecule has 0 saturated carbocycles. The number of nitrogens with one attached hydrogen (secondary N) is 1. The van der Waals surface area contributed by atoms with Crippen LogP contribution in [-0.4, -0.2) is 15.9 Å². The highest BCUT2D eigenvalue weighted by Crippen LogP contribution is 2.17. The third kappa shape index (κ3) is 3.85. The van der Waals surface area contributed by atoms with Crippen molar-refractivity contribution >= 4 is 6.09 Å². The van der Waals surface area contributed by atoms with Crippen LogP contribution < -0.4 is 10.1 Å². The lowest BCUT2D eigenvalue weighted by Crippen LogP contribution is -2.31. The van der Waals surface area contributed by atoms with E-state index in [0.29, 0.717) is 5.75 Å². The van der Waals surface area contributed by atoms with E-state index >= 15 is 0 Å². The Bertz CT molecular complexity index is 551. The summed E-state index contributed by atoms with van der Waals surface area (Å²) in [6, 6.07) is 10.8. The Kier molecular flexibility index (Phi) is 4.76. The first kappa shape index (κ1) is 14.1. The van der Waals surface area contributed by atoms with Crippen molar-refractivity contribution in [3.05, 3.63) is 48.3 Å². The number of hydrogen-bond donors (Lipinski definition) is 1. The molecule has 1 aromatic heterocycles. The molecule has 106 valence electrons. The van der Waals surface area contributed by atoms with Gasteiger partial charge in [-0.05, 0) is 24.6 Å². The van der Waals surface area contributed by atoms with Gasteiger partial charge in [0.2, 0.25) is 0 Å². The summed E-state index contributed by atoms with van der Waals surface area (Å²) < 4.78 is 6.96. The maximum Gasteiger partial charge on any atom is 0.413 e. The van der Waals surface area contributed by atoms with Crippen LogP contribution >= 0.6 is 0 Å². The van der Waals surface area contributed by atoms with E-state index in [2.05, 4.69) is 17.3 Å². The van der Waals surface area contributed by atoms with Crippen LogP contribution in [0.4, 0.5) is 4.79 Å². The Hall–Kier alpha value is -2.30. The van der Waals surface area contributed by atoms with Crippen LogP contribution in [0.15, 0.2) is 42.6 Å². The summed E-state index contributed by atoms with van der Waals surface area (Å²) in [5.74, 6) is 0.529. The van der Waals surface area contributed by atoms with Gasteiger partial charge in [-0.1, -0.05) is 31.5 Å². The molecule has 0 spiro atoms. The number of hydrogen-bond acceptors (Lipinski definition) is 3. The third-order valence-electron chi connectivity index (χ3n) is 2.91. The number of carbonyl (C=O) groups is 1. The lowest BCUT2D eigenvalue weighted by atomic mass is 10.1. The standard InChI is InChI=1S/C15H19N3O2/c1-3-7-13(14-10-11-18(2)17-14)16-15(19)20-12-8-5-4-6-9-12/h4-6,8-11,13H,3,7H2,1-2H3,(H,16,19)/t13-/m1/s1. The molecule has 0 fully saturated rings. The van der Waals surface area contributed by atoms with E-state index in [1.807, 2.05) is 37.5 Å². The summed E-state index contributed by atoms with van der Waals surface area (Å²) >= 11 is 0. The van der Waals surface area contributed by atoms with Gasteiger partial charge in [-0.15, -0.1) is 0 Å². The molecular weight excluding hydrogens is 254 g/mol. The van der Waals surface area contributed by atoms with E-state index < -0.39 is 6.09 Å². The monoisotopic (exact) mass is 273 g/mol. The normalized spacial score (nSPS) is 11.9. The number of para-hydroxylation sites is 1. The third-order valence-corrected chi connectivity index (χ3v) is 2.91. The summed E-state index contributed by atoms with van der Waals surface area (Å²) in [6.45, 7) is 2.07. The molecule has 1 N–H and O–H groups in total.